The maximum atomic E-state index is 9.28. The molecule has 0 amide bonds. The van der Waals surface area contributed by atoms with Gasteiger partial charge in [-0.1, -0.05) is 30.3 Å². The average molecular weight is 254 g/mol. The first kappa shape index (κ1) is 12.8. The largest absolute Gasteiger partial charge is 0.192 e. The molecule has 4 heteroatoms. The van der Waals surface area contributed by atoms with E-state index in [9.17, 15) is 10.5 Å². The van der Waals surface area contributed by atoms with Gasteiger partial charge in [0.25, 0.3) is 0 Å². The summed E-state index contributed by atoms with van der Waals surface area (Å²) < 4.78 is 0. The minimum Gasteiger partial charge on any atom is -0.192 e. The van der Waals surface area contributed by atoms with Crippen LogP contribution >= 0.6 is 0 Å². The van der Waals surface area contributed by atoms with Crippen molar-refractivity contribution in [1.29, 1.82) is 21.0 Å². The monoisotopic (exact) mass is 254 g/mol. The van der Waals surface area contributed by atoms with Gasteiger partial charge in [-0.05, 0) is 11.6 Å². The first-order valence-corrected chi connectivity index (χ1v) is 5.63. The molecule has 0 spiro atoms. The van der Waals surface area contributed by atoms with Gasteiger partial charge in [-0.2, -0.15) is 21.0 Å². The van der Waals surface area contributed by atoms with E-state index in [0.29, 0.717) is 11.1 Å². The fraction of sp³-hybridized carbons (Fsp3) is 0. The molecule has 0 aromatic heterocycles. The molecule has 4 nitrogen and oxygen atoms in total. The van der Waals surface area contributed by atoms with Crippen LogP contribution in [-0.2, 0) is 0 Å². The van der Waals surface area contributed by atoms with Gasteiger partial charge in [0.05, 0.1) is 22.3 Å². The number of rotatable bonds is 1. The van der Waals surface area contributed by atoms with Gasteiger partial charge in [0.2, 0.25) is 0 Å². The molecule has 0 N–H and O–H groups in total. The Bertz CT molecular complexity index is 788. The van der Waals surface area contributed by atoms with Crippen molar-refractivity contribution in [3.05, 3.63) is 58.7 Å². The molecule has 0 fully saturated rings. The van der Waals surface area contributed by atoms with Gasteiger partial charge in [0.15, 0.2) is 0 Å². The molecule has 0 aliphatic carbocycles. The number of nitrogens with zero attached hydrogens (tertiary/aromatic N) is 4. The fourth-order valence-electron chi connectivity index (χ4n) is 1.99. The van der Waals surface area contributed by atoms with E-state index >= 15 is 0 Å². The van der Waals surface area contributed by atoms with E-state index in [1.807, 2.05) is 24.3 Å². The van der Waals surface area contributed by atoms with E-state index in [-0.39, 0.29) is 22.3 Å². The maximum Gasteiger partial charge on any atom is 0.101 e. The summed E-state index contributed by atoms with van der Waals surface area (Å²) in [6, 6.07) is 17.8. The molecule has 0 saturated carbocycles. The summed E-state index contributed by atoms with van der Waals surface area (Å²) >= 11 is 0. The number of hydrogen-bond donors (Lipinski definition) is 0. The van der Waals surface area contributed by atoms with Gasteiger partial charge in [0.1, 0.15) is 24.3 Å². The molecule has 2 aromatic carbocycles. The van der Waals surface area contributed by atoms with Gasteiger partial charge >= 0.3 is 0 Å². The van der Waals surface area contributed by atoms with Crippen LogP contribution in [0.5, 0.6) is 0 Å². The van der Waals surface area contributed by atoms with Crippen molar-refractivity contribution in [2.45, 2.75) is 0 Å². The minimum atomic E-state index is 0.0990. The SMILES string of the molecule is N#Cc1cc(C#N)c(C#N)c(-c2ccccc2)c1C#N. The second-order valence-corrected chi connectivity index (χ2v) is 3.91. The van der Waals surface area contributed by atoms with Crippen molar-refractivity contribution in [3.63, 3.8) is 0 Å². The van der Waals surface area contributed by atoms with Crippen molar-refractivity contribution >= 4 is 0 Å². The van der Waals surface area contributed by atoms with Crippen molar-refractivity contribution in [3.8, 4) is 35.4 Å². The molecule has 0 bridgehead atoms. The van der Waals surface area contributed by atoms with Crippen LogP contribution in [0.1, 0.15) is 22.3 Å². The highest BCUT2D eigenvalue weighted by Crippen LogP contribution is 2.31. The lowest BCUT2D eigenvalue weighted by atomic mass is 9.89. The van der Waals surface area contributed by atoms with E-state index in [1.54, 1.807) is 30.3 Å². The molecule has 2 rings (SSSR count). The third kappa shape index (κ3) is 1.95. The lowest BCUT2D eigenvalue weighted by molar-refractivity contribution is 1.37. The molecule has 0 heterocycles. The third-order valence-electron chi connectivity index (χ3n) is 2.85. The topological polar surface area (TPSA) is 95.2 Å². The van der Waals surface area contributed by atoms with E-state index in [1.165, 1.54) is 6.07 Å². The Labute approximate surface area is 116 Å². The molecule has 90 valence electrons. The van der Waals surface area contributed by atoms with Gasteiger partial charge < -0.3 is 0 Å². The third-order valence-corrected chi connectivity index (χ3v) is 2.85. The summed E-state index contributed by atoms with van der Waals surface area (Å²) in [5, 5.41) is 36.8. The molecule has 0 aliphatic rings. The molecule has 0 aliphatic heterocycles. The van der Waals surface area contributed by atoms with Gasteiger partial charge in [-0.3, -0.25) is 0 Å². The van der Waals surface area contributed by atoms with Gasteiger partial charge in [0, 0.05) is 5.56 Å². The van der Waals surface area contributed by atoms with Crippen LogP contribution in [0.4, 0.5) is 0 Å². The van der Waals surface area contributed by atoms with Crippen LogP contribution in [0.25, 0.3) is 11.1 Å². The number of benzene rings is 2. The van der Waals surface area contributed by atoms with Crippen LogP contribution in [0.3, 0.4) is 0 Å². The summed E-state index contributed by atoms with van der Waals surface area (Å²) in [5.74, 6) is 0. The van der Waals surface area contributed by atoms with Crippen LogP contribution in [0.15, 0.2) is 36.4 Å². The Kier molecular flexibility index (Phi) is 3.45. The van der Waals surface area contributed by atoms with Crippen molar-refractivity contribution in [2.24, 2.45) is 0 Å². The Hall–Kier alpha value is -3.60. The highest BCUT2D eigenvalue weighted by atomic mass is 14.3. The van der Waals surface area contributed by atoms with Crippen LogP contribution in [0.2, 0.25) is 0 Å². The molecular formula is C16H6N4. The summed E-state index contributed by atoms with van der Waals surface area (Å²) in [4.78, 5) is 0. The highest BCUT2D eigenvalue weighted by Gasteiger charge is 2.19. The maximum absolute atomic E-state index is 9.28. The first-order valence-electron chi connectivity index (χ1n) is 5.63. The standard InChI is InChI=1S/C16H6N4/c17-7-12-6-13(8-18)15(10-20)16(14(12)9-19)11-4-2-1-3-5-11/h1-6H. The molecule has 0 saturated heterocycles. The van der Waals surface area contributed by atoms with Crippen LogP contribution < -0.4 is 0 Å². The zero-order valence-corrected chi connectivity index (χ0v) is 10.3. The van der Waals surface area contributed by atoms with E-state index in [4.69, 9.17) is 10.5 Å². The lowest BCUT2D eigenvalue weighted by Gasteiger charge is -2.09. The molecule has 0 unspecified atom stereocenters. The summed E-state index contributed by atoms with van der Waals surface area (Å²) in [5.41, 5.74) is 1.41. The highest BCUT2D eigenvalue weighted by molar-refractivity contribution is 5.81. The second kappa shape index (κ2) is 5.36. The fourth-order valence-corrected chi connectivity index (χ4v) is 1.99. The van der Waals surface area contributed by atoms with Crippen LogP contribution in [-0.4, -0.2) is 0 Å². The molecule has 0 radical (unpaired) electrons. The van der Waals surface area contributed by atoms with E-state index in [0.717, 1.165) is 0 Å². The normalized spacial score (nSPS) is 8.80. The van der Waals surface area contributed by atoms with E-state index < -0.39 is 0 Å². The van der Waals surface area contributed by atoms with Crippen LogP contribution in [0, 0.1) is 45.3 Å². The zero-order chi connectivity index (χ0) is 14.5. The predicted molar refractivity (Wildman–Crippen MR) is 70.7 cm³/mol. The summed E-state index contributed by atoms with van der Waals surface area (Å²) in [6.07, 6.45) is 0. The molecule has 2 aromatic rings. The predicted octanol–water partition coefficient (Wildman–Crippen LogP) is 2.84. The Morgan fingerprint density at radius 1 is 0.650 bits per heavy atom. The first-order chi connectivity index (χ1) is 9.76. The summed E-state index contributed by atoms with van der Waals surface area (Å²) in [6.45, 7) is 0. The van der Waals surface area contributed by atoms with E-state index in [2.05, 4.69) is 0 Å². The lowest BCUT2D eigenvalue weighted by Crippen LogP contribution is -1.98. The molecular weight excluding hydrogens is 248 g/mol. The van der Waals surface area contributed by atoms with Gasteiger partial charge in [-0.25, -0.2) is 0 Å². The summed E-state index contributed by atoms with van der Waals surface area (Å²) in [7, 11) is 0. The zero-order valence-electron chi connectivity index (χ0n) is 10.3. The molecule has 0 atom stereocenters. The number of nitriles is 4. The Morgan fingerprint density at radius 2 is 1.15 bits per heavy atom. The average Bonchev–Trinajstić information content (AvgIpc) is 2.53. The molecule has 20 heavy (non-hydrogen) atoms. The Morgan fingerprint density at radius 3 is 1.55 bits per heavy atom. The number of hydrogen-bond acceptors (Lipinski definition) is 4. The Balaban J connectivity index is 2.99. The quantitative estimate of drug-likeness (QED) is 0.781. The van der Waals surface area contributed by atoms with Crippen molar-refractivity contribution in [2.75, 3.05) is 0 Å². The van der Waals surface area contributed by atoms with Crippen molar-refractivity contribution < 1.29 is 0 Å². The second-order valence-electron chi connectivity index (χ2n) is 3.91. The van der Waals surface area contributed by atoms with Crippen molar-refractivity contribution in [1.82, 2.24) is 0 Å². The minimum absolute atomic E-state index is 0.0990. The smallest absolute Gasteiger partial charge is 0.101 e. The van der Waals surface area contributed by atoms with Gasteiger partial charge in [-0.15, -0.1) is 0 Å².